The fourth-order valence-corrected chi connectivity index (χ4v) is 9.69. The molecule has 1 nitrogen and oxygen atoms in total. The summed E-state index contributed by atoms with van der Waals surface area (Å²) in [5.74, 6) is 7.61. The summed E-state index contributed by atoms with van der Waals surface area (Å²) >= 11 is 0. The van der Waals surface area contributed by atoms with E-state index in [1.807, 2.05) is 0 Å². The summed E-state index contributed by atoms with van der Waals surface area (Å²) in [5, 5.41) is 0. The lowest BCUT2D eigenvalue weighted by atomic mass is 9.45. The Kier molecular flexibility index (Phi) is 3.33. The van der Waals surface area contributed by atoms with Crippen LogP contribution in [0.5, 0.6) is 0 Å². The van der Waals surface area contributed by atoms with E-state index in [1.54, 1.807) is 5.57 Å². The van der Waals surface area contributed by atoms with Crippen molar-refractivity contribution < 1.29 is 4.74 Å². The van der Waals surface area contributed by atoms with E-state index in [0.717, 1.165) is 54.0 Å². The molecular formula is C25H36O. The molecule has 1 spiro atoms. The topological polar surface area (TPSA) is 9.23 Å². The highest BCUT2D eigenvalue weighted by Gasteiger charge is 2.77. The Hall–Kier alpha value is -0.560. The molecule has 5 saturated carbocycles. The quantitative estimate of drug-likeness (QED) is 0.525. The molecule has 0 N–H and O–H groups in total. The van der Waals surface area contributed by atoms with E-state index in [1.165, 1.54) is 51.4 Å². The lowest BCUT2D eigenvalue weighted by molar-refractivity contribution is -0.162. The number of ether oxygens (including phenoxy) is 1. The van der Waals surface area contributed by atoms with E-state index in [0.29, 0.717) is 5.41 Å². The minimum absolute atomic E-state index is 0.124. The van der Waals surface area contributed by atoms with Crippen LogP contribution in [0.2, 0.25) is 0 Å². The number of fused-ring (bicyclic) bond motifs is 9. The summed E-state index contributed by atoms with van der Waals surface area (Å²) in [7, 11) is 0. The molecule has 5 fully saturated rings. The van der Waals surface area contributed by atoms with Crippen LogP contribution in [0.15, 0.2) is 24.3 Å². The maximum absolute atomic E-state index is 6.63. The van der Waals surface area contributed by atoms with E-state index in [2.05, 4.69) is 32.6 Å². The van der Waals surface area contributed by atoms with Crippen LogP contribution < -0.4 is 0 Å². The van der Waals surface area contributed by atoms with E-state index >= 15 is 0 Å². The second-order valence-corrected chi connectivity index (χ2v) is 11.0. The Morgan fingerprint density at radius 1 is 1.19 bits per heavy atom. The van der Waals surface area contributed by atoms with Gasteiger partial charge in [-0.1, -0.05) is 38.2 Å². The van der Waals surface area contributed by atoms with Crippen LogP contribution in [0.3, 0.4) is 0 Å². The minimum atomic E-state index is 0.124. The molecule has 142 valence electrons. The van der Waals surface area contributed by atoms with E-state index in [-0.39, 0.29) is 5.60 Å². The Morgan fingerprint density at radius 2 is 2.08 bits per heavy atom. The van der Waals surface area contributed by atoms with Crippen molar-refractivity contribution in [3.05, 3.63) is 24.3 Å². The SMILES string of the molecule is C=C1CCC2C3CCC4(CC)C(C5CC5C45C=CCO5)C3[C@@H](C)C[C@H]2C1. The monoisotopic (exact) mass is 352 g/mol. The molecule has 10 atom stereocenters. The Balaban J connectivity index is 1.40. The molecule has 0 saturated heterocycles. The van der Waals surface area contributed by atoms with E-state index in [9.17, 15) is 0 Å². The zero-order chi connectivity index (χ0) is 17.7. The van der Waals surface area contributed by atoms with Crippen LogP contribution in [-0.2, 0) is 4.74 Å². The second-order valence-electron chi connectivity index (χ2n) is 11.0. The summed E-state index contributed by atoms with van der Waals surface area (Å²) in [4.78, 5) is 0. The first-order chi connectivity index (χ1) is 12.6. The van der Waals surface area contributed by atoms with Gasteiger partial charge in [0.15, 0.2) is 0 Å². The van der Waals surface area contributed by atoms with Crippen LogP contribution >= 0.6 is 0 Å². The molecule has 1 heteroatoms. The van der Waals surface area contributed by atoms with Gasteiger partial charge in [0.05, 0.1) is 12.2 Å². The highest BCUT2D eigenvalue weighted by molar-refractivity contribution is 5.33. The van der Waals surface area contributed by atoms with E-state index in [4.69, 9.17) is 4.74 Å². The second kappa shape index (κ2) is 5.28. The largest absolute Gasteiger partial charge is 0.366 e. The summed E-state index contributed by atoms with van der Waals surface area (Å²) in [6, 6.07) is 0. The predicted octanol–water partition coefficient (Wildman–Crippen LogP) is 6.01. The zero-order valence-electron chi connectivity index (χ0n) is 16.8. The first kappa shape index (κ1) is 16.4. The first-order valence-corrected chi connectivity index (χ1v) is 11.6. The van der Waals surface area contributed by atoms with Gasteiger partial charge in [0, 0.05) is 5.41 Å². The molecule has 1 aliphatic heterocycles. The van der Waals surface area contributed by atoms with Crippen molar-refractivity contribution in [2.75, 3.05) is 6.61 Å². The van der Waals surface area contributed by atoms with Gasteiger partial charge in [-0.05, 0) is 98.7 Å². The molecule has 6 rings (SSSR count). The molecule has 0 amide bonds. The van der Waals surface area contributed by atoms with Crippen molar-refractivity contribution in [3.8, 4) is 0 Å². The van der Waals surface area contributed by atoms with Gasteiger partial charge in [-0.25, -0.2) is 0 Å². The third-order valence-electron chi connectivity index (χ3n) is 10.4. The van der Waals surface area contributed by atoms with Crippen LogP contribution in [0.25, 0.3) is 0 Å². The molecule has 0 aromatic carbocycles. The number of rotatable bonds is 1. The lowest BCUT2D eigenvalue weighted by Crippen LogP contribution is -2.58. The normalized spacial score (nSPS) is 59.7. The molecule has 8 unspecified atom stereocenters. The van der Waals surface area contributed by atoms with Gasteiger partial charge in [-0.15, -0.1) is 0 Å². The van der Waals surface area contributed by atoms with Gasteiger partial charge in [-0.3, -0.25) is 0 Å². The van der Waals surface area contributed by atoms with Gasteiger partial charge in [0.1, 0.15) is 0 Å². The third kappa shape index (κ3) is 1.78. The molecule has 0 bridgehead atoms. The van der Waals surface area contributed by atoms with Gasteiger partial charge in [0.25, 0.3) is 0 Å². The van der Waals surface area contributed by atoms with Crippen LogP contribution in [0.4, 0.5) is 0 Å². The molecule has 5 aliphatic carbocycles. The standard InChI is InChI=1S/C25H36O/c1-4-24-10-8-19-18-7-6-15(2)12-17(18)13-16(3)22(19)23(24)20-14-21(20)25(24)9-5-11-26-25/h5,9,16-23H,2,4,6-8,10-14H2,1,3H3/t16-,17+,18?,19?,20?,21?,22?,23?,24?,25?/m0/s1. The van der Waals surface area contributed by atoms with E-state index < -0.39 is 0 Å². The maximum atomic E-state index is 6.63. The van der Waals surface area contributed by atoms with Crippen molar-refractivity contribution in [1.82, 2.24) is 0 Å². The van der Waals surface area contributed by atoms with Gasteiger partial charge < -0.3 is 4.74 Å². The highest BCUT2D eigenvalue weighted by Crippen LogP contribution is 2.79. The molecule has 26 heavy (non-hydrogen) atoms. The summed E-state index contributed by atoms with van der Waals surface area (Å²) in [5.41, 5.74) is 2.12. The average Bonchev–Trinajstić information content (AvgIpc) is 3.21. The van der Waals surface area contributed by atoms with Crippen molar-refractivity contribution >= 4 is 0 Å². The first-order valence-electron chi connectivity index (χ1n) is 11.6. The molecular weight excluding hydrogens is 316 g/mol. The molecule has 1 heterocycles. The number of allylic oxidation sites excluding steroid dienone is 1. The Bertz CT molecular complexity index is 663. The lowest BCUT2D eigenvalue weighted by Gasteiger charge is -2.61. The minimum Gasteiger partial charge on any atom is -0.366 e. The van der Waals surface area contributed by atoms with Crippen molar-refractivity contribution in [2.24, 2.45) is 52.8 Å². The Labute approximate surface area is 159 Å². The Morgan fingerprint density at radius 3 is 2.85 bits per heavy atom. The predicted molar refractivity (Wildman–Crippen MR) is 106 cm³/mol. The number of hydrogen-bond acceptors (Lipinski definition) is 1. The van der Waals surface area contributed by atoms with Crippen LogP contribution in [0, 0.1) is 52.8 Å². The highest BCUT2D eigenvalue weighted by atomic mass is 16.5. The fraction of sp³-hybridized carbons (Fsp3) is 0.840. The van der Waals surface area contributed by atoms with Crippen LogP contribution in [0.1, 0.15) is 65.2 Å². The smallest absolute Gasteiger partial charge is 0.0957 e. The van der Waals surface area contributed by atoms with Gasteiger partial charge in [0.2, 0.25) is 0 Å². The fourth-order valence-electron chi connectivity index (χ4n) is 9.69. The summed E-state index contributed by atoms with van der Waals surface area (Å²) in [6.45, 7) is 10.3. The number of hydrogen-bond donors (Lipinski definition) is 0. The van der Waals surface area contributed by atoms with Crippen molar-refractivity contribution in [1.29, 1.82) is 0 Å². The van der Waals surface area contributed by atoms with Crippen molar-refractivity contribution in [3.63, 3.8) is 0 Å². The zero-order valence-corrected chi connectivity index (χ0v) is 16.8. The van der Waals surface area contributed by atoms with Crippen molar-refractivity contribution in [2.45, 2.75) is 70.8 Å². The summed E-state index contributed by atoms with van der Waals surface area (Å²) in [6.07, 6.45) is 16.1. The molecule has 0 radical (unpaired) electrons. The molecule has 0 aromatic heterocycles. The van der Waals surface area contributed by atoms with Gasteiger partial charge in [-0.2, -0.15) is 0 Å². The molecule has 0 aromatic rings. The van der Waals surface area contributed by atoms with Crippen LogP contribution in [-0.4, -0.2) is 12.2 Å². The maximum Gasteiger partial charge on any atom is 0.0957 e. The average molecular weight is 353 g/mol. The molecule has 6 aliphatic rings. The third-order valence-corrected chi connectivity index (χ3v) is 10.4. The van der Waals surface area contributed by atoms with Gasteiger partial charge >= 0.3 is 0 Å². The summed E-state index contributed by atoms with van der Waals surface area (Å²) < 4.78 is 6.63.